The molecule has 0 saturated heterocycles. The first-order valence-electron chi connectivity index (χ1n) is 10.2. The molecule has 0 aliphatic heterocycles. The molecule has 0 unspecified atom stereocenters. The number of unbranched alkanes of at least 4 members (excludes halogenated alkanes) is 2. The van der Waals surface area contributed by atoms with Gasteiger partial charge in [-0.05, 0) is 19.3 Å². The Balaban J connectivity index is 2.47. The van der Waals surface area contributed by atoms with Crippen LogP contribution in [0, 0.1) is 0 Å². The van der Waals surface area contributed by atoms with E-state index in [1.807, 2.05) is 6.08 Å². The summed E-state index contributed by atoms with van der Waals surface area (Å²) in [7, 11) is 0. The van der Waals surface area contributed by atoms with Crippen LogP contribution in [0.3, 0.4) is 0 Å². The van der Waals surface area contributed by atoms with Crippen LogP contribution in [0.25, 0.3) is 0 Å². The van der Waals surface area contributed by atoms with Gasteiger partial charge in [0.05, 0.1) is 45.6 Å². The number of rotatable bonds is 22. The number of hydrogen-bond acceptors (Lipinski definition) is 10. The van der Waals surface area contributed by atoms with Gasteiger partial charge < -0.3 is 33.2 Å². The zero-order valence-electron chi connectivity index (χ0n) is 18.0. The summed E-state index contributed by atoms with van der Waals surface area (Å²) >= 11 is 0. The van der Waals surface area contributed by atoms with Crippen LogP contribution in [0.5, 0.6) is 18.0 Å². The van der Waals surface area contributed by atoms with E-state index in [-0.39, 0.29) is 31.6 Å². The summed E-state index contributed by atoms with van der Waals surface area (Å²) in [6.07, 6.45) is 8.55. The SMILES string of the molecule is C=CCCCCOc1nc(OCCCOCOC=C)nc(OCCCOCOC=C)n1. The second-order valence-corrected chi connectivity index (χ2v) is 5.94. The van der Waals surface area contributed by atoms with E-state index in [1.165, 1.54) is 12.5 Å². The Hall–Kier alpha value is -2.85. The molecule has 10 heteroatoms. The molecule has 0 aromatic carbocycles. The number of aromatic nitrogens is 3. The highest BCUT2D eigenvalue weighted by Crippen LogP contribution is 2.15. The fourth-order valence-corrected chi connectivity index (χ4v) is 2.03. The summed E-state index contributed by atoms with van der Waals surface area (Å²) in [4.78, 5) is 12.5. The van der Waals surface area contributed by atoms with Gasteiger partial charge in [-0.15, -0.1) is 21.5 Å². The molecule has 1 aromatic rings. The van der Waals surface area contributed by atoms with Crippen molar-refractivity contribution in [2.45, 2.75) is 32.1 Å². The molecule has 1 heterocycles. The van der Waals surface area contributed by atoms with Gasteiger partial charge in [0.15, 0.2) is 13.6 Å². The van der Waals surface area contributed by atoms with Gasteiger partial charge in [0.25, 0.3) is 0 Å². The Morgan fingerprint density at radius 2 is 1.03 bits per heavy atom. The predicted octanol–water partition coefficient (Wildman–Crippen LogP) is 3.41. The van der Waals surface area contributed by atoms with Crippen molar-refractivity contribution in [2.75, 3.05) is 46.6 Å². The minimum absolute atomic E-state index is 0.129. The normalized spacial score (nSPS) is 10.2. The minimum atomic E-state index is 0.129. The molecule has 174 valence electrons. The Morgan fingerprint density at radius 3 is 1.45 bits per heavy atom. The van der Waals surface area contributed by atoms with E-state index < -0.39 is 0 Å². The molecule has 0 amide bonds. The van der Waals surface area contributed by atoms with Gasteiger partial charge in [0.2, 0.25) is 0 Å². The Kier molecular flexibility index (Phi) is 16.2. The van der Waals surface area contributed by atoms with E-state index in [1.54, 1.807) is 0 Å². The molecular formula is C21H33N3O7. The van der Waals surface area contributed by atoms with Crippen LogP contribution in [0.4, 0.5) is 0 Å². The van der Waals surface area contributed by atoms with Crippen LogP contribution in [-0.2, 0) is 18.9 Å². The number of allylic oxidation sites excluding steroid dienone is 1. The lowest BCUT2D eigenvalue weighted by Crippen LogP contribution is -2.11. The maximum absolute atomic E-state index is 5.62. The van der Waals surface area contributed by atoms with Gasteiger partial charge in [-0.25, -0.2) is 0 Å². The Labute approximate surface area is 183 Å². The lowest BCUT2D eigenvalue weighted by atomic mass is 10.2. The summed E-state index contributed by atoms with van der Waals surface area (Å²) in [6.45, 7) is 13.0. The average molecular weight is 440 g/mol. The number of nitrogens with zero attached hydrogens (tertiary/aromatic N) is 3. The molecule has 0 aliphatic carbocycles. The first-order valence-corrected chi connectivity index (χ1v) is 10.2. The molecule has 0 saturated carbocycles. The average Bonchev–Trinajstić information content (AvgIpc) is 2.78. The third-order valence-corrected chi connectivity index (χ3v) is 3.47. The van der Waals surface area contributed by atoms with Crippen molar-refractivity contribution in [1.82, 2.24) is 15.0 Å². The monoisotopic (exact) mass is 439 g/mol. The molecule has 1 rings (SSSR count). The first kappa shape index (κ1) is 26.2. The predicted molar refractivity (Wildman–Crippen MR) is 114 cm³/mol. The molecule has 31 heavy (non-hydrogen) atoms. The summed E-state index contributed by atoms with van der Waals surface area (Å²) in [6, 6.07) is 0.415. The van der Waals surface area contributed by atoms with E-state index in [9.17, 15) is 0 Å². The molecule has 0 spiro atoms. The van der Waals surface area contributed by atoms with Crippen LogP contribution >= 0.6 is 0 Å². The van der Waals surface area contributed by atoms with Crippen molar-refractivity contribution < 1.29 is 33.2 Å². The molecular weight excluding hydrogens is 406 g/mol. The quantitative estimate of drug-likeness (QED) is 0.116. The topological polar surface area (TPSA) is 103 Å². The van der Waals surface area contributed by atoms with Crippen molar-refractivity contribution >= 4 is 0 Å². The van der Waals surface area contributed by atoms with E-state index in [2.05, 4.69) is 34.7 Å². The summed E-state index contributed by atoms with van der Waals surface area (Å²) in [5.74, 6) is 0. The lowest BCUT2D eigenvalue weighted by Gasteiger charge is -2.10. The van der Waals surface area contributed by atoms with E-state index in [0.717, 1.165) is 19.3 Å². The zero-order valence-corrected chi connectivity index (χ0v) is 18.0. The van der Waals surface area contributed by atoms with Crippen molar-refractivity contribution in [3.63, 3.8) is 0 Å². The van der Waals surface area contributed by atoms with Crippen LogP contribution in [0.1, 0.15) is 32.1 Å². The minimum Gasteiger partial charge on any atom is -0.476 e. The Morgan fingerprint density at radius 1 is 0.581 bits per heavy atom. The molecule has 0 radical (unpaired) electrons. The van der Waals surface area contributed by atoms with E-state index in [0.29, 0.717) is 45.9 Å². The Bertz CT molecular complexity index is 576. The highest BCUT2D eigenvalue weighted by molar-refractivity contribution is 5.09. The van der Waals surface area contributed by atoms with Gasteiger partial charge in [-0.2, -0.15) is 0 Å². The van der Waals surface area contributed by atoms with Gasteiger partial charge in [0.1, 0.15) is 0 Å². The molecule has 1 aromatic heterocycles. The third-order valence-electron chi connectivity index (χ3n) is 3.47. The smallest absolute Gasteiger partial charge is 0.325 e. The summed E-state index contributed by atoms with van der Waals surface area (Å²) in [5.41, 5.74) is 0. The molecule has 10 nitrogen and oxygen atoms in total. The van der Waals surface area contributed by atoms with Crippen molar-refractivity contribution in [1.29, 1.82) is 0 Å². The van der Waals surface area contributed by atoms with Crippen LogP contribution in [0.2, 0.25) is 0 Å². The second kappa shape index (κ2) is 19.1. The zero-order chi connectivity index (χ0) is 22.4. The maximum atomic E-state index is 5.62. The molecule has 0 N–H and O–H groups in total. The largest absolute Gasteiger partial charge is 0.476 e. The second-order valence-electron chi connectivity index (χ2n) is 5.94. The van der Waals surface area contributed by atoms with Gasteiger partial charge in [-0.3, -0.25) is 0 Å². The van der Waals surface area contributed by atoms with E-state index in [4.69, 9.17) is 33.2 Å². The third kappa shape index (κ3) is 14.7. The fourth-order valence-electron chi connectivity index (χ4n) is 2.03. The molecule has 0 fully saturated rings. The van der Waals surface area contributed by atoms with Crippen LogP contribution in [-0.4, -0.2) is 61.6 Å². The van der Waals surface area contributed by atoms with E-state index >= 15 is 0 Å². The fraction of sp³-hybridized carbons (Fsp3) is 0.571. The molecule has 0 aliphatic rings. The first-order chi connectivity index (χ1) is 15.3. The summed E-state index contributed by atoms with van der Waals surface area (Å²) in [5, 5.41) is 0. The molecule has 0 bridgehead atoms. The van der Waals surface area contributed by atoms with Crippen LogP contribution in [0.15, 0.2) is 38.3 Å². The number of hydrogen-bond donors (Lipinski definition) is 0. The van der Waals surface area contributed by atoms with Crippen LogP contribution < -0.4 is 14.2 Å². The van der Waals surface area contributed by atoms with Gasteiger partial charge >= 0.3 is 18.0 Å². The van der Waals surface area contributed by atoms with Gasteiger partial charge in [0, 0.05) is 12.8 Å². The highest BCUT2D eigenvalue weighted by Gasteiger charge is 2.10. The lowest BCUT2D eigenvalue weighted by molar-refractivity contribution is -0.0148. The summed E-state index contributed by atoms with van der Waals surface area (Å²) < 4.78 is 37.0. The van der Waals surface area contributed by atoms with Gasteiger partial charge in [-0.1, -0.05) is 19.2 Å². The standard InChI is InChI=1S/C21H33N3O7/c1-4-7-8-9-14-29-19-22-20(30-15-10-12-27-17-25-5-2)24-21(23-19)31-16-11-13-28-18-26-6-3/h4-6H,1-3,7-18H2. The molecule has 0 atom stereocenters. The highest BCUT2D eigenvalue weighted by atomic mass is 16.7. The number of ether oxygens (including phenoxy) is 7. The maximum Gasteiger partial charge on any atom is 0.325 e. The van der Waals surface area contributed by atoms with Crippen molar-refractivity contribution in [3.05, 3.63) is 38.3 Å². The van der Waals surface area contributed by atoms with Crippen molar-refractivity contribution in [2.24, 2.45) is 0 Å². The van der Waals surface area contributed by atoms with Crippen molar-refractivity contribution in [3.8, 4) is 18.0 Å².